The monoisotopic (exact) mass is 342 g/mol. The molecule has 2 N–H and O–H groups in total. The molecule has 1 aliphatic rings. The first kappa shape index (κ1) is 17.8. The zero-order valence-electron chi connectivity index (χ0n) is 12.7. The Kier molecular flexibility index (Phi) is 5.16. The van der Waals surface area contributed by atoms with Crippen LogP contribution in [0, 0.1) is 11.8 Å². The van der Waals surface area contributed by atoms with Crippen LogP contribution in [0.3, 0.4) is 0 Å². The van der Waals surface area contributed by atoms with E-state index in [0.29, 0.717) is 5.57 Å². The summed E-state index contributed by atoms with van der Waals surface area (Å²) >= 11 is 0. The molecule has 0 unspecified atom stereocenters. The molecule has 0 bridgehead atoms. The molecule has 1 aromatic carbocycles. The van der Waals surface area contributed by atoms with Crippen molar-refractivity contribution in [2.45, 2.75) is 6.18 Å². The molecule has 1 fully saturated rings. The molecule has 1 saturated heterocycles. The minimum atomic E-state index is -4.66. The first-order chi connectivity index (χ1) is 11.2. The normalized spacial score (nSPS) is 20.7. The summed E-state index contributed by atoms with van der Waals surface area (Å²) in [6.45, 7) is 2.75. The van der Waals surface area contributed by atoms with Gasteiger partial charge in [-0.3, -0.25) is 4.79 Å². The van der Waals surface area contributed by atoms with E-state index in [-0.39, 0.29) is 6.54 Å². The summed E-state index contributed by atoms with van der Waals surface area (Å²) in [6, 6.07) is 8.28. The number of rotatable bonds is 4. The molecule has 0 spiro atoms. The van der Waals surface area contributed by atoms with E-state index in [1.165, 1.54) is 0 Å². The number of amides is 2. The summed E-state index contributed by atoms with van der Waals surface area (Å²) in [5.74, 6) is -5.26. The molecule has 2 atom stereocenters. The van der Waals surface area contributed by atoms with E-state index in [0.717, 1.165) is 10.5 Å². The Balaban J connectivity index is 1.96. The van der Waals surface area contributed by atoms with Crippen molar-refractivity contribution in [2.75, 3.05) is 19.6 Å². The van der Waals surface area contributed by atoms with Crippen LogP contribution in [0.4, 0.5) is 18.0 Å². The van der Waals surface area contributed by atoms with Gasteiger partial charge in [0.15, 0.2) is 0 Å². The molecule has 1 heterocycles. The Morgan fingerprint density at radius 1 is 1.25 bits per heavy atom. The molecule has 5 nitrogen and oxygen atoms in total. The Labute approximate surface area is 136 Å². The average Bonchev–Trinajstić information content (AvgIpc) is 2.99. The Morgan fingerprint density at radius 3 is 2.38 bits per heavy atom. The molecule has 0 radical (unpaired) electrons. The molecule has 8 heteroatoms. The first-order valence-corrected chi connectivity index (χ1v) is 7.25. The number of urea groups is 1. The molecular weight excluding hydrogens is 325 g/mol. The van der Waals surface area contributed by atoms with E-state index in [4.69, 9.17) is 5.11 Å². The Hall–Kier alpha value is -2.51. The minimum absolute atomic E-state index is 0.0633. The van der Waals surface area contributed by atoms with Crippen LogP contribution in [0.2, 0.25) is 0 Å². The first-order valence-electron chi connectivity index (χ1n) is 7.25. The predicted octanol–water partition coefficient (Wildman–Crippen LogP) is 2.60. The van der Waals surface area contributed by atoms with Gasteiger partial charge < -0.3 is 15.3 Å². The van der Waals surface area contributed by atoms with Crippen molar-refractivity contribution in [1.29, 1.82) is 0 Å². The zero-order chi connectivity index (χ0) is 17.9. The molecule has 2 rings (SSSR count). The summed E-state index contributed by atoms with van der Waals surface area (Å²) in [6.07, 6.45) is -4.66. The topological polar surface area (TPSA) is 69.6 Å². The lowest BCUT2D eigenvalue weighted by molar-refractivity contribution is -0.187. The van der Waals surface area contributed by atoms with Crippen LogP contribution >= 0.6 is 0 Å². The van der Waals surface area contributed by atoms with Crippen LogP contribution in [-0.4, -0.2) is 47.8 Å². The number of aliphatic carboxylic acids is 1. The van der Waals surface area contributed by atoms with Gasteiger partial charge in [-0.2, -0.15) is 13.2 Å². The number of carbonyl (C=O) groups is 2. The summed E-state index contributed by atoms with van der Waals surface area (Å²) in [4.78, 5) is 23.9. The van der Waals surface area contributed by atoms with Gasteiger partial charge in [-0.1, -0.05) is 36.9 Å². The highest BCUT2D eigenvalue weighted by Crippen LogP contribution is 2.37. The molecule has 130 valence electrons. The van der Waals surface area contributed by atoms with Crippen molar-refractivity contribution >= 4 is 17.6 Å². The summed E-state index contributed by atoms with van der Waals surface area (Å²) in [5.41, 5.74) is 1.40. The number of nitrogens with one attached hydrogen (secondary N) is 1. The van der Waals surface area contributed by atoms with E-state index in [1.54, 1.807) is 24.3 Å². The van der Waals surface area contributed by atoms with Crippen molar-refractivity contribution in [2.24, 2.45) is 11.8 Å². The number of carboxylic acids is 1. The summed E-state index contributed by atoms with van der Waals surface area (Å²) in [5, 5.41) is 11.4. The van der Waals surface area contributed by atoms with Gasteiger partial charge in [-0.05, 0) is 11.1 Å². The summed E-state index contributed by atoms with van der Waals surface area (Å²) < 4.78 is 38.7. The smallest absolute Gasteiger partial charge is 0.394 e. The standard InChI is InChI=1S/C16H17F3N2O3/c1-10(11-5-3-2-4-6-11)7-20-15(24)21-8-12(14(22)23)13(9-21)16(17,18)19/h2-6,12-13H,1,7-9H2,(H,20,24)(H,22,23)/t12-,13-/m1/s1. The van der Waals surface area contributed by atoms with Crippen molar-refractivity contribution in [3.8, 4) is 0 Å². The summed E-state index contributed by atoms with van der Waals surface area (Å²) in [7, 11) is 0. The van der Waals surface area contributed by atoms with E-state index in [1.807, 2.05) is 6.07 Å². The quantitative estimate of drug-likeness (QED) is 0.884. The van der Waals surface area contributed by atoms with Gasteiger partial charge in [0, 0.05) is 19.6 Å². The number of halogens is 3. The number of nitrogens with zero attached hydrogens (tertiary/aromatic N) is 1. The number of carboxylic acid groups (broad SMARTS) is 1. The molecule has 0 aliphatic carbocycles. The molecule has 0 saturated carbocycles. The van der Waals surface area contributed by atoms with E-state index in [2.05, 4.69) is 11.9 Å². The fraction of sp³-hybridized carbons (Fsp3) is 0.375. The molecule has 1 aliphatic heterocycles. The molecule has 2 amide bonds. The number of hydrogen-bond donors (Lipinski definition) is 2. The molecule has 24 heavy (non-hydrogen) atoms. The van der Waals surface area contributed by atoms with Crippen LogP contribution in [0.25, 0.3) is 5.57 Å². The highest BCUT2D eigenvalue weighted by atomic mass is 19.4. The van der Waals surface area contributed by atoms with E-state index < -0.39 is 43.1 Å². The maximum atomic E-state index is 12.9. The van der Waals surface area contributed by atoms with Crippen LogP contribution in [0.1, 0.15) is 5.56 Å². The lowest BCUT2D eigenvalue weighted by atomic mass is 9.96. The Morgan fingerprint density at radius 2 is 1.88 bits per heavy atom. The lowest BCUT2D eigenvalue weighted by Crippen LogP contribution is -2.40. The predicted molar refractivity (Wildman–Crippen MR) is 81.1 cm³/mol. The van der Waals surface area contributed by atoms with Gasteiger partial charge in [0.2, 0.25) is 0 Å². The van der Waals surface area contributed by atoms with Crippen molar-refractivity contribution in [3.63, 3.8) is 0 Å². The van der Waals surface area contributed by atoms with Gasteiger partial charge in [-0.25, -0.2) is 4.79 Å². The fourth-order valence-corrected chi connectivity index (χ4v) is 2.62. The highest BCUT2D eigenvalue weighted by molar-refractivity contribution is 5.79. The Bertz CT molecular complexity index is 631. The average molecular weight is 342 g/mol. The third-order valence-electron chi connectivity index (χ3n) is 3.98. The second-order valence-electron chi connectivity index (χ2n) is 5.63. The second kappa shape index (κ2) is 6.94. The van der Waals surface area contributed by atoms with E-state index >= 15 is 0 Å². The van der Waals surface area contributed by atoms with Crippen LogP contribution in [0.15, 0.2) is 36.9 Å². The SMILES string of the molecule is C=C(CNC(=O)N1C[C@@H](C(F)(F)F)[C@H](C(=O)O)C1)c1ccccc1. The third kappa shape index (κ3) is 4.06. The fourth-order valence-electron chi connectivity index (χ4n) is 2.62. The van der Waals surface area contributed by atoms with Gasteiger partial charge in [-0.15, -0.1) is 0 Å². The van der Waals surface area contributed by atoms with Gasteiger partial charge in [0.05, 0.1) is 11.8 Å². The van der Waals surface area contributed by atoms with Gasteiger partial charge in [0.25, 0.3) is 0 Å². The van der Waals surface area contributed by atoms with Crippen molar-refractivity contribution in [1.82, 2.24) is 10.2 Å². The van der Waals surface area contributed by atoms with E-state index in [9.17, 15) is 22.8 Å². The van der Waals surface area contributed by atoms with Crippen LogP contribution in [0.5, 0.6) is 0 Å². The third-order valence-corrected chi connectivity index (χ3v) is 3.98. The van der Waals surface area contributed by atoms with Gasteiger partial charge in [0.1, 0.15) is 0 Å². The maximum Gasteiger partial charge on any atom is 0.394 e. The van der Waals surface area contributed by atoms with Gasteiger partial charge >= 0.3 is 18.2 Å². The zero-order valence-corrected chi connectivity index (χ0v) is 12.7. The van der Waals surface area contributed by atoms with Crippen molar-refractivity contribution < 1.29 is 27.9 Å². The minimum Gasteiger partial charge on any atom is -0.481 e. The largest absolute Gasteiger partial charge is 0.481 e. The second-order valence-corrected chi connectivity index (χ2v) is 5.63. The molecule has 1 aromatic rings. The molecular formula is C16H17F3N2O3. The van der Waals surface area contributed by atoms with Crippen molar-refractivity contribution in [3.05, 3.63) is 42.5 Å². The number of likely N-dealkylation sites (tertiary alicyclic amines) is 1. The lowest BCUT2D eigenvalue weighted by Gasteiger charge is -2.19. The highest BCUT2D eigenvalue weighted by Gasteiger charge is 2.53. The number of benzene rings is 1. The van der Waals surface area contributed by atoms with Crippen LogP contribution in [-0.2, 0) is 4.79 Å². The molecule has 0 aromatic heterocycles. The number of carbonyl (C=O) groups excluding carboxylic acids is 1. The number of alkyl halides is 3. The van der Waals surface area contributed by atoms with Crippen LogP contribution < -0.4 is 5.32 Å². The number of hydrogen-bond acceptors (Lipinski definition) is 2. The maximum absolute atomic E-state index is 12.9.